The molecule has 0 aliphatic carbocycles. The zero-order valence-corrected chi connectivity index (χ0v) is 12.5. The number of carbonyl (C=O) groups is 1. The van der Waals surface area contributed by atoms with Crippen molar-refractivity contribution >= 4 is 5.97 Å². The minimum absolute atomic E-state index is 0.154. The quantitative estimate of drug-likeness (QED) is 0.253. The second kappa shape index (κ2) is 8.79. The number of hydrogen-bond acceptors (Lipinski definition) is 5. The first-order valence-corrected chi connectivity index (χ1v) is 7.26. The highest BCUT2D eigenvalue weighted by molar-refractivity contribution is 5.81. The van der Waals surface area contributed by atoms with E-state index in [1.165, 1.54) is 0 Å². The average molecular weight is 283 g/mol. The Balaban J connectivity index is 2.63. The van der Waals surface area contributed by atoms with Gasteiger partial charge < -0.3 is 15.0 Å². The van der Waals surface area contributed by atoms with E-state index in [2.05, 4.69) is 27.3 Å². The Morgan fingerprint density at radius 2 is 2.30 bits per heavy atom. The van der Waals surface area contributed by atoms with Gasteiger partial charge in [-0.3, -0.25) is 4.79 Å². The molecule has 7 nitrogen and oxygen atoms in total. The Labute approximate surface area is 120 Å². The van der Waals surface area contributed by atoms with Crippen LogP contribution >= 0.6 is 0 Å². The molecule has 1 fully saturated rings. The van der Waals surface area contributed by atoms with Gasteiger partial charge in [0.05, 0.1) is 6.61 Å². The SMILES string of the molecule is CCOC(=O)C1(NCCCN=[N+]=[N-])CCCN(C)CC1. The van der Waals surface area contributed by atoms with E-state index in [4.69, 9.17) is 10.3 Å². The lowest BCUT2D eigenvalue weighted by atomic mass is 9.90. The molecule has 1 saturated heterocycles. The molecule has 1 heterocycles. The number of carbonyl (C=O) groups excluding carboxylic acids is 1. The van der Waals surface area contributed by atoms with Crippen molar-refractivity contribution in [3.63, 3.8) is 0 Å². The van der Waals surface area contributed by atoms with Crippen LogP contribution in [0.15, 0.2) is 5.11 Å². The van der Waals surface area contributed by atoms with Gasteiger partial charge in [0.25, 0.3) is 0 Å². The van der Waals surface area contributed by atoms with Crippen molar-refractivity contribution < 1.29 is 9.53 Å². The maximum atomic E-state index is 12.3. The lowest BCUT2D eigenvalue weighted by molar-refractivity contribution is -0.151. The number of azide groups is 1. The molecular formula is C13H25N5O2. The van der Waals surface area contributed by atoms with E-state index >= 15 is 0 Å². The molecule has 1 atom stereocenters. The summed E-state index contributed by atoms with van der Waals surface area (Å²) in [5, 5.41) is 6.86. The molecule has 0 aromatic heterocycles. The molecule has 7 heteroatoms. The van der Waals surface area contributed by atoms with Gasteiger partial charge in [0.15, 0.2) is 0 Å². The van der Waals surface area contributed by atoms with Crippen LogP contribution in [-0.2, 0) is 9.53 Å². The first-order chi connectivity index (χ1) is 9.64. The molecule has 1 aliphatic rings. The van der Waals surface area contributed by atoms with Gasteiger partial charge in [-0.25, -0.2) is 0 Å². The van der Waals surface area contributed by atoms with Crippen molar-refractivity contribution in [3.05, 3.63) is 10.4 Å². The second-order valence-corrected chi connectivity index (χ2v) is 5.19. The van der Waals surface area contributed by atoms with Crippen molar-refractivity contribution in [1.29, 1.82) is 0 Å². The van der Waals surface area contributed by atoms with Gasteiger partial charge in [0.2, 0.25) is 0 Å². The summed E-state index contributed by atoms with van der Waals surface area (Å²) in [6.45, 7) is 5.21. The van der Waals surface area contributed by atoms with Crippen molar-refractivity contribution in [2.45, 2.75) is 38.1 Å². The van der Waals surface area contributed by atoms with E-state index in [-0.39, 0.29) is 5.97 Å². The molecule has 1 unspecified atom stereocenters. The first kappa shape index (κ1) is 16.8. The standard InChI is InChI=1S/C13H25N5O2/c1-3-20-12(19)13(15-8-5-9-16-17-14)6-4-10-18(2)11-7-13/h15H,3-11H2,1-2H3. The van der Waals surface area contributed by atoms with Crippen LogP contribution in [0.1, 0.15) is 32.6 Å². The predicted molar refractivity (Wildman–Crippen MR) is 77.3 cm³/mol. The largest absolute Gasteiger partial charge is 0.465 e. The summed E-state index contributed by atoms with van der Waals surface area (Å²) in [4.78, 5) is 17.3. The van der Waals surface area contributed by atoms with E-state index in [0.717, 1.165) is 38.8 Å². The number of nitrogens with zero attached hydrogens (tertiary/aromatic N) is 4. The molecule has 0 spiro atoms. The van der Waals surface area contributed by atoms with Crippen molar-refractivity contribution in [3.8, 4) is 0 Å². The number of esters is 1. The molecular weight excluding hydrogens is 258 g/mol. The Kier molecular flexibility index (Phi) is 7.36. The van der Waals surface area contributed by atoms with Gasteiger partial charge >= 0.3 is 5.97 Å². The van der Waals surface area contributed by atoms with Crippen LogP contribution in [0.4, 0.5) is 0 Å². The second-order valence-electron chi connectivity index (χ2n) is 5.19. The minimum atomic E-state index is -0.586. The summed E-state index contributed by atoms with van der Waals surface area (Å²) in [6.07, 6.45) is 3.24. The third-order valence-electron chi connectivity index (χ3n) is 3.69. The molecule has 1 N–H and O–H groups in total. The van der Waals surface area contributed by atoms with Crippen LogP contribution in [0, 0.1) is 0 Å². The summed E-state index contributed by atoms with van der Waals surface area (Å²) in [6, 6.07) is 0. The summed E-state index contributed by atoms with van der Waals surface area (Å²) in [5.74, 6) is -0.154. The Morgan fingerprint density at radius 1 is 1.50 bits per heavy atom. The van der Waals surface area contributed by atoms with E-state index in [1.54, 1.807) is 0 Å². The van der Waals surface area contributed by atoms with Crippen LogP contribution in [-0.4, -0.2) is 56.2 Å². The zero-order valence-electron chi connectivity index (χ0n) is 12.5. The van der Waals surface area contributed by atoms with Gasteiger partial charge in [-0.1, -0.05) is 5.11 Å². The molecule has 114 valence electrons. The number of hydrogen-bond donors (Lipinski definition) is 1. The number of nitrogens with one attached hydrogen (secondary N) is 1. The van der Waals surface area contributed by atoms with Crippen LogP contribution in [0.25, 0.3) is 10.4 Å². The third kappa shape index (κ3) is 5.00. The molecule has 0 aromatic rings. The predicted octanol–water partition coefficient (Wildman–Crippen LogP) is 1.69. The number of rotatable bonds is 7. The summed E-state index contributed by atoms with van der Waals surface area (Å²) >= 11 is 0. The maximum absolute atomic E-state index is 12.3. The Hall–Kier alpha value is -1.30. The highest BCUT2D eigenvalue weighted by atomic mass is 16.5. The van der Waals surface area contributed by atoms with E-state index in [1.807, 2.05) is 6.92 Å². The van der Waals surface area contributed by atoms with Gasteiger partial charge in [-0.2, -0.15) is 0 Å². The topological polar surface area (TPSA) is 90.3 Å². The van der Waals surface area contributed by atoms with Crippen LogP contribution in [0.3, 0.4) is 0 Å². The van der Waals surface area contributed by atoms with Crippen LogP contribution < -0.4 is 5.32 Å². The first-order valence-electron chi connectivity index (χ1n) is 7.26. The molecule has 1 rings (SSSR count). The molecule has 0 bridgehead atoms. The monoisotopic (exact) mass is 283 g/mol. The molecule has 20 heavy (non-hydrogen) atoms. The van der Waals surface area contributed by atoms with Gasteiger partial charge in [-0.15, -0.1) is 0 Å². The fourth-order valence-corrected chi connectivity index (χ4v) is 2.51. The summed E-state index contributed by atoms with van der Waals surface area (Å²) in [5.41, 5.74) is 7.66. The third-order valence-corrected chi connectivity index (χ3v) is 3.69. The fraction of sp³-hybridized carbons (Fsp3) is 0.923. The van der Waals surface area contributed by atoms with Crippen molar-refractivity contribution in [2.75, 3.05) is 39.8 Å². The molecule has 0 saturated carbocycles. The summed E-state index contributed by atoms with van der Waals surface area (Å²) < 4.78 is 5.25. The minimum Gasteiger partial charge on any atom is -0.465 e. The molecule has 0 amide bonds. The summed E-state index contributed by atoms with van der Waals surface area (Å²) in [7, 11) is 2.07. The van der Waals surface area contributed by atoms with Gasteiger partial charge in [0.1, 0.15) is 5.54 Å². The lowest BCUT2D eigenvalue weighted by Crippen LogP contribution is -2.53. The van der Waals surface area contributed by atoms with E-state index in [0.29, 0.717) is 19.7 Å². The normalized spacial score (nSPS) is 23.7. The highest BCUT2D eigenvalue weighted by Crippen LogP contribution is 2.23. The van der Waals surface area contributed by atoms with Crippen LogP contribution in [0.5, 0.6) is 0 Å². The number of ether oxygens (including phenoxy) is 1. The maximum Gasteiger partial charge on any atom is 0.326 e. The highest BCUT2D eigenvalue weighted by Gasteiger charge is 2.40. The fourth-order valence-electron chi connectivity index (χ4n) is 2.51. The molecule has 0 aromatic carbocycles. The zero-order chi connectivity index (χ0) is 14.8. The lowest BCUT2D eigenvalue weighted by Gasteiger charge is -2.31. The number of likely N-dealkylation sites (tertiary alicyclic amines) is 1. The Bertz CT molecular complexity index is 357. The van der Waals surface area contributed by atoms with Crippen molar-refractivity contribution in [2.24, 2.45) is 5.11 Å². The average Bonchev–Trinajstić information content (AvgIpc) is 2.62. The van der Waals surface area contributed by atoms with Crippen molar-refractivity contribution in [1.82, 2.24) is 10.2 Å². The van der Waals surface area contributed by atoms with Crippen LogP contribution in [0.2, 0.25) is 0 Å². The van der Waals surface area contributed by atoms with Gasteiger partial charge in [0, 0.05) is 18.0 Å². The smallest absolute Gasteiger partial charge is 0.326 e. The van der Waals surface area contributed by atoms with E-state index in [9.17, 15) is 4.79 Å². The van der Waals surface area contributed by atoms with E-state index < -0.39 is 5.54 Å². The Morgan fingerprint density at radius 3 is 3.00 bits per heavy atom. The molecule has 1 aliphatic heterocycles. The van der Waals surface area contributed by atoms with Gasteiger partial charge in [-0.05, 0) is 58.3 Å². The molecule has 0 radical (unpaired) electrons.